The average Bonchev–Trinajstić information content (AvgIpc) is 2.68. The molecule has 0 aliphatic rings. The van der Waals surface area contributed by atoms with Crippen LogP contribution in [0.5, 0.6) is 0 Å². The van der Waals surface area contributed by atoms with Crippen LogP contribution in [0.4, 0.5) is 0 Å². The van der Waals surface area contributed by atoms with Gasteiger partial charge in [-0.25, -0.2) is 0 Å². The Morgan fingerprint density at radius 2 is 1.27 bits per heavy atom. The van der Waals surface area contributed by atoms with Crippen LogP contribution in [0, 0.1) is 6.92 Å². The lowest BCUT2D eigenvalue weighted by molar-refractivity contribution is -0.143. The summed E-state index contributed by atoms with van der Waals surface area (Å²) in [7, 11) is 0. The summed E-state index contributed by atoms with van der Waals surface area (Å²) < 4.78 is 5.37. The van der Waals surface area contributed by atoms with Gasteiger partial charge in [0.1, 0.15) is 5.92 Å². The third kappa shape index (κ3) is 4.25. The minimum atomic E-state index is -0.553. The Labute approximate surface area is 153 Å². The van der Waals surface area contributed by atoms with E-state index in [1.807, 2.05) is 79.7 Å². The normalized spacial score (nSPS) is 10.5. The molecule has 0 N–H and O–H groups in total. The monoisotopic (exact) mass is 344 g/mol. The molecule has 0 aromatic heterocycles. The quantitative estimate of drug-likeness (QED) is 0.486. The summed E-state index contributed by atoms with van der Waals surface area (Å²) in [6.45, 7) is 1.69. The molecule has 0 heterocycles. The zero-order valence-electron chi connectivity index (χ0n) is 14.6. The van der Waals surface area contributed by atoms with Gasteiger partial charge in [0, 0.05) is 5.56 Å². The highest BCUT2D eigenvalue weighted by Crippen LogP contribution is 2.26. The largest absolute Gasteiger partial charge is 0.457 e. The molecule has 3 aromatic rings. The van der Waals surface area contributed by atoms with Crippen molar-refractivity contribution < 1.29 is 14.3 Å². The van der Waals surface area contributed by atoms with Crippen LogP contribution in [0.25, 0.3) is 0 Å². The lowest BCUT2D eigenvalue weighted by Gasteiger charge is -2.17. The number of hydrogen-bond donors (Lipinski definition) is 0. The third-order valence-corrected chi connectivity index (χ3v) is 4.22. The molecule has 0 saturated carbocycles. The van der Waals surface area contributed by atoms with E-state index in [0.717, 1.165) is 16.7 Å². The summed E-state index contributed by atoms with van der Waals surface area (Å²) >= 11 is 0. The summed E-state index contributed by atoms with van der Waals surface area (Å²) in [6, 6.07) is 26.1. The first-order valence-corrected chi connectivity index (χ1v) is 8.51. The van der Waals surface area contributed by atoms with Crippen molar-refractivity contribution in [3.05, 3.63) is 107 Å². The number of hydrogen-bond acceptors (Lipinski definition) is 3. The van der Waals surface area contributed by atoms with Crippen molar-refractivity contribution in [3.8, 4) is 0 Å². The van der Waals surface area contributed by atoms with E-state index in [9.17, 15) is 9.59 Å². The lowest BCUT2D eigenvalue weighted by Crippen LogP contribution is -2.21. The van der Waals surface area contributed by atoms with Crippen molar-refractivity contribution in [2.45, 2.75) is 12.8 Å². The van der Waals surface area contributed by atoms with Gasteiger partial charge in [-0.2, -0.15) is 0 Å². The van der Waals surface area contributed by atoms with E-state index in [-0.39, 0.29) is 12.4 Å². The maximum absolute atomic E-state index is 12.8. The van der Waals surface area contributed by atoms with E-state index in [2.05, 4.69) is 0 Å². The van der Waals surface area contributed by atoms with Crippen molar-refractivity contribution in [1.29, 1.82) is 0 Å². The molecule has 3 heteroatoms. The number of aryl methyl sites for hydroxylation is 1. The van der Waals surface area contributed by atoms with E-state index < -0.39 is 11.9 Å². The predicted molar refractivity (Wildman–Crippen MR) is 101 cm³/mol. The first kappa shape index (κ1) is 17.6. The highest BCUT2D eigenvalue weighted by molar-refractivity contribution is 5.98. The van der Waals surface area contributed by atoms with Crippen LogP contribution in [-0.4, -0.2) is 18.4 Å². The smallest absolute Gasteiger partial charge is 0.318 e. The Kier molecular flexibility index (Phi) is 5.59. The number of benzene rings is 3. The van der Waals surface area contributed by atoms with Gasteiger partial charge in [0.05, 0.1) is 0 Å². The highest BCUT2D eigenvalue weighted by atomic mass is 16.5. The van der Waals surface area contributed by atoms with Crippen LogP contribution in [0.2, 0.25) is 0 Å². The minimum Gasteiger partial charge on any atom is -0.457 e. The Hall–Kier alpha value is -3.20. The molecule has 26 heavy (non-hydrogen) atoms. The first-order chi connectivity index (χ1) is 12.6. The predicted octanol–water partition coefficient (Wildman–Crippen LogP) is 4.55. The van der Waals surface area contributed by atoms with E-state index in [0.29, 0.717) is 5.56 Å². The maximum Gasteiger partial charge on any atom is 0.318 e. The summed E-state index contributed by atoms with van der Waals surface area (Å²) in [5.41, 5.74) is 3.30. The van der Waals surface area contributed by atoms with Crippen LogP contribution >= 0.6 is 0 Å². The number of esters is 1. The van der Waals surface area contributed by atoms with Gasteiger partial charge >= 0.3 is 5.97 Å². The Morgan fingerprint density at radius 1 is 0.769 bits per heavy atom. The maximum atomic E-state index is 12.8. The highest BCUT2D eigenvalue weighted by Gasteiger charge is 2.24. The van der Waals surface area contributed by atoms with Crippen molar-refractivity contribution in [3.63, 3.8) is 0 Å². The average molecular weight is 344 g/mol. The molecule has 3 rings (SSSR count). The van der Waals surface area contributed by atoms with Gasteiger partial charge in [-0.05, 0) is 18.1 Å². The standard InChI is InChI=1S/C23H20O3/c1-17-12-14-18(15-13-17)21(24)16-26-23(25)22(19-8-4-2-5-9-19)20-10-6-3-7-11-20/h2-15,22H,16H2,1H3. The fraction of sp³-hybridized carbons (Fsp3) is 0.130. The van der Waals surface area contributed by atoms with Crippen LogP contribution in [0.15, 0.2) is 84.9 Å². The van der Waals surface area contributed by atoms with E-state index in [1.165, 1.54) is 0 Å². The molecule has 0 amide bonds. The Bertz CT molecular complexity index is 829. The fourth-order valence-corrected chi connectivity index (χ4v) is 2.80. The van der Waals surface area contributed by atoms with Crippen LogP contribution in [0.1, 0.15) is 33.0 Å². The molecule has 0 fully saturated rings. The number of carbonyl (C=O) groups is 2. The summed E-state index contributed by atoms with van der Waals surface area (Å²) in [5.74, 6) is -1.19. The molecule has 0 spiro atoms. The summed E-state index contributed by atoms with van der Waals surface area (Å²) in [5, 5.41) is 0. The molecule has 0 aliphatic carbocycles. The zero-order valence-corrected chi connectivity index (χ0v) is 14.6. The second kappa shape index (κ2) is 8.26. The molecule has 3 aromatic carbocycles. The summed E-state index contributed by atoms with van der Waals surface area (Å²) in [4.78, 5) is 25.0. The number of ether oxygens (including phenoxy) is 1. The van der Waals surface area contributed by atoms with Gasteiger partial charge < -0.3 is 4.74 Å². The Balaban J connectivity index is 1.76. The van der Waals surface area contributed by atoms with Gasteiger partial charge in [0.25, 0.3) is 0 Å². The van der Waals surface area contributed by atoms with Crippen molar-refractivity contribution in [2.75, 3.05) is 6.61 Å². The Morgan fingerprint density at radius 3 is 1.77 bits per heavy atom. The second-order valence-corrected chi connectivity index (χ2v) is 6.15. The number of carbonyl (C=O) groups excluding carboxylic acids is 2. The molecule has 0 aliphatic heterocycles. The summed E-state index contributed by atoms with van der Waals surface area (Å²) in [6.07, 6.45) is 0. The second-order valence-electron chi connectivity index (χ2n) is 6.15. The topological polar surface area (TPSA) is 43.4 Å². The molecule has 130 valence electrons. The van der Waals surface area contributed by atoms with Gasteiger partial charge in [-0.3, -0.25) is 9.59 Å². The van der Waals surface area contributed by atoms with Crippen molar-refractivity contribution in [2.24, 2.45) is 0 Å². The number of ketones is 1. The van der Waals surface area contributed by atoms with Gasteiger partial charge in [0.15, 0.2) is 12.4 Å². The van der Waals surface area contributed by atoms with Gasteiger partial charge in [-0.15, -0.1) is 0 Å². The molecule has 0 saturated heterocycles. The SMILES string of the molecule is Cc1ccc(C(=O)COC(=O)C(c2ccccc2)c2ccccc2)cc1. The minimum absolute atomic E-state index is 0.210. The molecular formula is C23H20O3. The molecule has 0 unspecified atom stereocenters. The van der Waals surface area contributed by atoms with E-state index in [4.69, 9.17) is 4.74 Å². The number of Topliss-reactive ketones (excluding diaryl/α,β-unsaturated/α-hetero) is 1. The van der Waals surface area contributed by atoms with E-state index >= 15 is 0 Å². The fourth-order valence-electron chi connectivity index (χ4n) is 2.80. The van der Waals surface area contributed by atoms with Gasteiger partial charge in [0.2, 0.25) is 0 Å². The van der Waals surface area contributed by atoms with Crippen LogP contribution < -0.4 is 0 Å². The first-order valence-electron chi connectivity index (χ1n) is 8.51. The molecule has 0 bridgehead atoms. The number of rotatable bonds is 6. The van der Waals surface area contributed by atoms with Crippen LogP contribution in [0.3, 0.4) is 0 Å². The molecular weight excluding hydrogens is 324 g/mol. The molecule has 0 radical (unpaired) electrons. The van der Waals surface area contributed by atoms with Crippen LogP contribution in [-0.2, 0) is 9.53 Å². The lowest BCUT2D eigenvalue weighted by atomic mass is 9.91. The third-order valence-electron chi connectivity index (χ3n) is 4.22. The van der Waals surface area contributed by atoms with E-state index in [1.54, 1.807) is 12.1 Å². The molecule has 3 nitrogen and oxygen atoms in total. The van der Waals surface area contributed by atoms with Crippen molar-refractivity contribution >= 4 is 11.8 Å². The zero-order chi connectivity index (χ0) is 18.4. The van der Waals surface area contributed by atoms with Gasteiger partial charge in [-0.1, -0.05) is 90.5 Å². The molecule has 0 atom stereocenters. The van der Waals surface area contributed by atoms with Crippen molar-refractivity contribution in [1.82, 2.24) is 0 Å².